The van der Waals surface area contributed by atoms with Crippen LogP contribution in [0.15, 0.2) is 42.5 Å². The zero-order valence-corrected chi connectivity index (χ0v) is 13.9. The number of nitrogens with zero attached hydrogens (tertiary/aromatic N) is 1. The molecule has 1 atom stereocenters. The number of phenols is 1. The first kappa shape index (κ1) is 17.3. The standard InChI is InChI=1S/C18H20ClNO3/c1-3-20(11-17(22)13-6-4-12(2)5-7-13)18(23)14-8-9-16(21)15(19)10-14/h4-10,17,21-22H,3,11H2,1-2H3. The molecule has 2 aromatic rings. The minimum absolute atomic E-state index is 0.0639. The largest absolute Gasteiger partial charge is 0.506 e. The van der Waals surface area contributed by atoms with Crippen LogP contribution in [0.5, 0.6) is 5.75 Å². The van der Waals surface area contributed by atoms with Crippen molar-refractivity contribution in [1.82, 2.24) is 4.90 Å². The molecule has 2 rings (SSSR count). The fraction of sp³-hybridized carbons (Fsp3) is 0.278. The summed E-state index contributed by atoms with van der Waals surface area (Å²) in [6, 6.07) is 11.9. The molecule has 0 aromatic heterocycles. The molecule has 0 bridgehead atoms. The molecule has 0 fully saturated rings. The fourth-order valence-electron chi connectivity index (χ4n) is 2.28. The molecule has 0 spiro atoms. The number of halogens is 1. The number of carbonyl (C=O) groups excluding carboxylic acids is 1. The molecule has 4 nitrogen and oxygen atoms in total. The number of hydrogen-bond acceptors (Lipinski definition) is 3. The summed E-state index contributed by atoms with van der Waals surface area (Å²) in [6.07, 6.45) is -0.757. The highest BCUT2D eigenvalue weighted by molar-refractivity contribution is 6.32. The number of rotatable bonds is 5. The summed E-state index contributed by atoms with van der Waals surface area (Å²) in [5, 5.41) is 19.9. The maximum atomic E-state index is 12.5. The van der Waals surface area contributed by atoms with E-state index in [1.54, 1.807) is 4.90 Å². The van der Waals surface area contributed by atoms with Crippen LogP contribution in [-0.2, 0) is 0 Å². The van der Waals surface area contributed by atoms with Crippen molar-refractivity contribution in [2.45, 2.75) is 20.0 Å². The summed E-state index contributed by atoms with van der Waals surface area (Å²) in [7, 11) is 0. The molecule has 0 aliphatic heterocycles. The lowest BCUT2D eigenvalue weighted by Crippen LogP contribution is -2.34. The molecular formula is C18H20ClNO3. The predicted octanol–water partition coefficient (Wildman–Crippen LogP) is 3.55. The summed E-state index contributed by atoms with van der Waals surface area (Å²) in [6.45, 7) is 4.48. The Labute approximate surface area is 140 Å². The first-order valence-corrected chi connectivity index (χ1v) is 7.82. The van der Waals surface area contributed by atoms with Crippen LogP contribution in [0.4, 0.5) is 0 Å². The van der Waals surface area contributed by atoms with Crippen molar-refractivity contribution in [3.8, 4) is 5.75 Å². The summed E-state index contributed by atoms with van der Waals surface area (Å²) >= 11 is 5.85. The van der Waals surface area contributed by atoms with Crippen molar-refractivity contribution >= 4 is 17.5 Å². The van der Waals surface area contributed by atoms with E-state index in [0.29, 0.717) is 12.1 Å². The van der Waals surface area contributed by atoms with E-state index < -0.39 is 6.10 Å². The number of phenolic OH excluding ortho intramolecular Hbond substituents is 1. The third-order valence-corrected chi connectivity index (χ3v) is 4.02. The van der Waals surface area contributed by atoms with E-state index >= 15 is 0 Å². The Morgan fingerprint density at radius 1 is 1.22 bits per heavy atom. The summed E-state index contributed by atoms with van der Waals surface area (Å²) in [4.78, 5) is 14.1. The highest BCUT2D eigenvalue weighted by Gasteiger charge is 2.19. The first-order chi connectivity index (χ1) is 10.9. The molecule has 0 heterocycles. The third-order valence-electron chi connectivity index (χ3n) is 3.72. The van der Waals surface area contributed by atoms with Crippen LogP contribution in [0.3, 0.4) is 0 Å². The van der Waals surface area contributed by atoms with Gasteiger partial charge >= 0.3 is 0 Å². The summed E-state index contributed by atoms with van der Waals surface area (Å²) < 4.78 is 0. The van der Waals surface area contributed by atoms with Crippen LogP contribution in [0.1, 0.15) is 34.5 Å². The van der Waals surface area contributed by atoms with E-state index in [2.05, 4.69) is 0 Å². The molecule has 23 heavy (non-hydrogen) atoms. The number of aryl methyl sites for hydroxylation is 1. The number of amides is 1. The van der Waals surface area contributed by atoms with Crippen LogP contribution >= 0.6 is 11.6 Å². The second-order valence-corrected chi connectivity index (χ2v) is 5.84. The SMILES string of the molecule is CCN(CC(O)c1ccc(C)cc1)C(=O)c1ccc(O)c(Cl)c1. The smallest absolute Gasteiger partial charge is 0.253 e. The number of benzene rings is 2. The van der Waals surface area contributed by atoms with Gasteiger partial charge in [0.05, 0.1) is 17.7 Å². The van der Waals surface area contributed by atoms with Gasteiger partial charge in [0, 0.05) is 12.1 Å². The Bertz CT molecular complexity index is 685. The molecule has 1 unspecified atom stereocenters. The van der Waals surface area contributed by atoms with Gasteiger partial charge in [0.15, 0.2) is 0 Å². The highest BCUT2D eigenvalue weighted by atomic mass is 35.5. The number of likely N-dealkylation sites (N-methyl/N-ethyl adjacent to an activating group) is 1. The minimum atomic E-state index is -0.757. The Morgan fingerprint density at radius 2 is 1.87 bits per heavy atom. The number of aromatic hydroxyl groups is 1. The van der Waals surface area contributed by atoms with Crippen molar-refractivity contribution < 1.29 is 15.0 Å². The lowest BCUT2D eigenvalue weighted by atomic mass is 10.1. The fourth-order valence-corrected chi connectivity index (χ4v) is 2.46. The number of hydrogen-bond donors (Lipinski definition) is 2. The van der Waals surface area contributed by atoms with Crippen LogP contribution < -0.4 is 0 Å². The van der Waals surface area contributed by atoms with Crippen molar-refractivity contribution in [2.24, 2.45) is 0 Å². The molecular weight excluding hydrogens is 314 g/mol. The molecule has 2 N–H and O–H groups in total. The molecule has 122 valence electrons. The number of aliphatic hydroxyl groups is 1. The normalized spacial score (nSPS) is 12.0. The van der Waals surface area contributed by atoms with E-state index in [9.17, 15) is 15.0 Å². The van der Waals surface area contributed by atoms with Gasteiger partial charge in [0.1, 0.15) is 5.75 Å². The average Bonchev–Trinajstić information content (AvgIpc) is 2.55. The Morgan fingerprint density at radius 3 is 2.43 bits per heavy atom. The maximum Gasteiger partial charge on any atom is 0.253 e. The summed E-state index contributed by atoms with van der Waals surface area (Å²) in [5.41, 5.74) is 2.26. The Hall–Kier alpha value is -2.04. The van der Waals surface area contributed by atoms with E-state index in [0.717, 1.165) is 11.1 Å². The Balaban J connectivity index is 2.13. The van der Waals surface area contributed by atoms with Gasteiger partial charge in [-0.15, -0.1) is 0 Å². The van der Waals surface area contributed by atoms with Gasteiger partial charge in [-0.05, 0) is 37.6 Å². The van der Waals surface area contributed by atoms with Crippen molar-refractivity contribution in [3.63, 3.8) is 0 Å². The molecule has 0 aliphatic rings. The van der Waals surface area contributed by atoms with E-state index in [1.165, 1.54) is 18.2 Å². The van der Waals surface area contributed by atoms with Crippen LogP contribution in [0.2, 0.25) is 5.02 Å². The number of aliphatic hydroxyl groups excluding tert-OH is 1. The van der Waals surface area contributed by atoms with Gasteiger partial charge in [-0.25, -0.2) is 0 Å². The van der Waals surface area contributed by atoms with E-state index in [1.807, 2.05) is 38.1 Å². The van der Waals surface area contributed by atoms with Crippen molar-refractivity contribution in [3.05, 3.63) is 64.2 Å². The highest BCUT2D eigenvalue weighted by Crippen LogP contribution is 2.25. The predicted molar refractivity (Wildman–Crippen MR) is 90.8 cm³/mol. The quantitative estimate of drug-likeness (QED) is 0.879. The lowest BCUT2D eigenvalue weighted by Gasteiger charge is -2.24. The molecule has 0 radical (unpaired) electrons. The van der Waals surface area contributed by atoms with Crippen LogP contribution in [0.25, 0.3) is 0 Å². The van der Waals surface area contributed by atoms with E-state index in [4.69, 9.17) is 11.6 Å². The van der Waals surface area contributed by atoms with Gasteiger partial charge in [-0.2, -0.15) is 0 Å². The Kier molecular flexibility index (Phi) is 5.64. The van der Waals surface area contributed by atoms with Gasteiger partial charge in [-0.3, -0.25) is 4.79 Å². The van der Waals surface area contributed by atoms with Gasteiger partial charge in [0.2, 0.25) is 0 Å². The third kappa shape index (κ3) is 4.24. The second-order valence-electron chi connectivity index (χ2n) is 5.44. The minimum Gasteiger partial charge on any atom is -0.506 e. The van der Waals surface area contributed by atoms with Gasteiger partial charge < -0.3 is 15.1 Å². The van der Waals surface area contributed by atoms with Crippen molar-refractivity contribution in [2.75, 3.05) is 13.1 Å². The van der Waals surface area contributed by atoms with Crippen LogP contribution in [0, 0.1) is 6.92 Å². The molecule has 2 aromatic carbocycles. The molecule has 0 saturated heterocycles. The molecule has 0 aliphatic carbocycles. The second kappa shape index (κ2) is 7.49. The molecule has 5 heteroatoms. The van der Waals surface area contributed by atoms with Crippen molar-refractivity contribution in [1.29, 1.82) is 0 Å². The van der Waals surface area contributed by atoms with Gasteiger partial charge in [-0.1, -0.05) is 41.4 Å². The molecule has 0 saturated carbocycles. The monoisotopic (exact) mass is 333 g/mol. The lowest BCUT2D eigenvalue weighted by molar-refractivity contribution is 0.0635. The number of carbonyl (C=O) groups is 1. The zero-order valence-electron chi connectivity index (χ0n) is 13.2. The molecule has 1 amide bonds. The van der Waals surface area contributed by atoms with Gasteiger partial charge in [0.25, 0.3) is 5.91 Å². The van der Waals surface area contributed by atoms with E-state index in [-0.39, 0.29) is 23.2 Å². The first-order valence-electron chi connectivity index (χ1n) is 7.44. The van der Waals surface area contributed by atoms with Crippen LogP contribution in [-0.4, -0.2) is 34.1 Å². The maximum absolute atomic E-state index is 12.5. The zero-order chi connectivity index (χ0) is 17.0. The average molecular weight is 334 g/mol. The summed E-state index contributed by atoms with van der Waals surface area (Å²) in [5.74, 6) is -0.300. The topological polar surface area (TPSA) is 60.8 Å².